The summed E-state index contributed by atoms with van der Waals surface area (Å²) in [5, 5.41) is 13.7. The fraction of sp³-hybridized carbons (Fsp3) is 0.500. The molecule has 0 aliphatic carbocycles. The number of aromatic carboxylic acids is 1. The average Bonchev–Trinajstić information content (AvgIpc) is 2.77. The Hall–Kier alpha value is -2.16. The number of halogens is 2. The van der Waals surface area contributed by atoms with E-state index >= 15 is 0 Å². The van der Waals surface area contributed by atoms with Crippen LogP contribution in [0.2, 0.25) is 0 Å². The molecule has 0 unspecified atom stereocenters. The summed E-state index contributed by atoms with van der Waals surface area (Å²) in [6.45, 7) is 0.898. The minimum Gasteiger partial charge on any atom is -0.478 e. The summed E-state index contributed by atoms with van der Waals surface area (Å²) < 4.78 is 33.2. The first-order valence-corrected chi connectivity index (χ1v) is 6.10. The van der Waals surface area contributed by atoms with Crippen molar-refractivity contribution >= 4 is 12.0 Å². The van der Waals surface area contributed by atoms with Crippen LogP contribution in [-0.2, 0) is 11.3 Å². The van der Waals surface area contributed by atoms with E-state index in [1.54, 1.807) is 0 Å². The highest BCUT2D eigenvalue weighted by atomic mass is 19.3. The van der Waals surface area contributed by atoms with Crippen molar-refractivity contribution < 1.29 is 32.6 Å². The van der Waals surface area contributed by atoms with Gasteiger partial charge in [-0.25, -0.2) is 18.4 Å². The molecule has 0 aliphatic heterocycles. The van der Waals surface area contributed by atoms with Crippen molar-refractivity contribution in [2.75, 3.05) is 19.8 Å². The molecule has 1 rings (SSSR count). The molecule has 21 heavy (non-hydrogen) atoms. The van der Waals surface area contributed by atoms with E-state index in [0.29, 0.717) is 5.76 Å². The number of carboxylic acid groups (broad SMARTS) is 1. The molecule has 3 N–H and O–H groups in total. The Morgan fingerprint density at radius 1 is 1.43 bits per heavy atom. The van der Waals surface area contributed by atoms with Gasteiger partial charge in [-0.3, -0.25) is 0 Å². The second kappa shape index (κ2) is 8.20. The molecular formula is C12H16F2N2O5. The summed E-state index contributed by atoms with van der Waals surface area (Å²) >= 11 is 0. The van der Waals surface area contributed by atoms with Crippen molar-refractivity contribution in [1.29, 1.82) is 0 Å². The van der Waals surface area contributed by atoms with Gasteiger partial charge in [0.05, 0.1) is 13.2 Å². The van der Waals surface area contributed by atoms with Crippen LogP contribution in [0.4, 0.5) is 13.6 Å². The van der Waals surface area contributed by atoms with E-state index in [9.17, 15) is 18.4 Å². The molecule has 1 aromatic heterocycles. The van der Waals surface area contributed by atoms with E-state index in [-0.39, 0.29) is 31.0 Å². The number of ether oxygens (including phenoxy) is 1. The van der Waals surface area contributed by atoms with E-state index < -0.39 is 25.0 Å². The molecular weight excluding hydrogens is 290 g/mol. The second-order valence-electron chi connectivity index (χ2n) is 4.06. The zero-order valence-corrected chi connectivity index (χ0v) is 11.3. The number of carbonyl (C=O) groups is 2. The molecule has 7 nitrogen and oxygen atoms in total. The molecule has 1 heterocycles. The first kappa shape index (κ1) is 16.9. The Bertz CT molecular complexity index is 490. The molecule has 0 fully saturated rings. The van der Waals surface area contributed by atoms with Crippen LogP contribution in [0.5, 0.6) is 0 Å². The van der Waals surface area contributed by atoms with Crippen LogP contribution in [0.25, 0.3) is 0 Å². The number of alkyl halides is 2. The monoisotopic (exact) mass is 306 g/mol. The molecule has 118 valence electrons. The van der Waals surface area contributed by atoms with Crippen molar-refractivity contribution in [3.8, 4) is 0 Å². The lowest BCUT2D eigenvalue weighted by atomic mass is 10.2. The van der Waals surface area contributed by atoms with Gasteiger partial charge in [0, 0.05) is 6.54 Å². The number of furan rings is 1. The van der Waals surface area contributed by atoms with Gasteiger partial charge in [-0.1, -0.05) is 0 Å². The van der Waals surface area contributed by atoms with Crippen molar-refractivity contribution in [1.82, 2.24) is 10.6 Å². The third kappa shape index (κ3) is 6.21. The fourth-order valence-electron chi connectivity index (χ4n) is 1.48. The lowest BCUT2D eigenvalue weighted by Gasteiger charge is -2.07. The summed E-state index contributed by atoms with van der Waals surface area (Å²) in [6, 6.07) is 0.783. The third-order valence-corrected chi connectivity index (χ3v) is 2.40. The van der Waals surface area contributed by atoms with E-state index in [4.69, 9.17) is 9.52 Å². The number of urea groups is 1. The fourth-order valence-corrected chi connectivity index (χ4v) is 1.48. The smallest absolute Gasteiger partial charge is 0.339 e. The molecule has 0 spiro atoms. The van der Waals surface area contributed by atoms with Crippen LogP contribution in [-0.4, -0.2) is 43.3 Å². The molecule has 2 amide bonds. The minimum atomic E-state index is -2.54. The highest BCUT2D eigenvalue weighted by Gasteiger charge is 2.13. The number of hydrogen-bond acceptors (Lipinski definition) is 4. The summed E-state index contributed by atoms with van der Waals surface area (Å²) in [5.74, 6) is -0.558. The van der Waals surface area contributed by atoms with Gasteiger partial charge < -0.3 is 24.9 Å². The molecule has 1 aromatic rings. The Balaban J connectivity index is 2.24. The number of amides is 2. The van der Waals surface area contributed by atoms with Crippen molar-refractivity contribution in [2.24, 2.45) is 0 Å². The molecule has 0 radical (unpaired) electrons. The van der Waals surface area contributed by atoms with Gasteiger partial charge in [-0.2, -0.15) is 0 Å². The number of carboxylic acids is 1. The number of nitrogens with one attached hydrogen (secondary N) is 2. The van der Waals surface area contributed by atoms with Gasteiger partial charge in [0.1, 0.15) is 23.7 Å². The summed E-state index contributed by atoms with van der Waals surface area (Å²) in [7, 11) is 0. The first-order chi connectivity index (χ1) is 9.90. The zero-order valence-electron chi connectivity index (χ0n) is 11.3. The number of aryl methyl sites for hydroxylation is 1. The number of rotatable bonds is 8. The van der Waals surface area contributed by atoms with E-state index in [1.807, 2.05) is 0 Å². The maximum atomic E-state index is 11.7. The van der Waals surface area contributed by atoms with Gasteiger partial charge in [-0.05, 0) is 13.0 Å². The summed E-state index contributed by atoms with van der Waals surface area (Å²) in [6.07, 6.45) is -2.54. The van der Waals surface area contributed by atoms with Crippen molar-refractivity contribution in [3.63, 3.8) is 0 Å². The molecule has 0 bridgehead atoms. The van der Waals surface area contributed by atoms with Gasteiger partial charge >= 0.3 is 12.0 Å². The maximum absolute atomic E-state index is 11.7. The Morgan fingerprint density at radius 2 is 2.14 bits per heavy atom. The molecule has 0 saturated carbocycles. The SMILES string of the molecule is Cc1oc(CNC(=O)NCCOCC(F)F)cc1C(=O)O. The first-order valence-electron chi connectivity index (χ1n) is 6.10. The van der Waals surface area contributed by atoms with Crippen LogP contribution in [0, 0.1) is 6.92 Å². The van der Waals surface area contributed by atoms with Crippen LogP contribution < -0.4 is 10.6 Å². The van der Waals surface area contributed by atoms with Crippen LogP contribution >= 0.6 is 0 Å². The highest BCUT2D eigenvalue weighted by Crippen LogP contribution is 2.14. The number of carbonyl (C=O) groups excluding carboxylic acids is 1. The van der Waals surface area contributed by atoms with Gasteiger partial charge in [0.15, 0.2) is 0 Å². The van der Waals surface area contributed by atoms with Crippen LogP contribution in [0.3, 0.4) is 0 Å². The van der Waals surface area contributed by atoms with Crippen LogP contribution in [0.15, 0.2) is 10.5 Å². The quantitative estimate of drug-likeness (QED) is 0.630. The second-order valence-corrected chi connectivity index (χ2v) is 4.06. The van der Waals surface area contributed by atoms with Gasteiger partial charge in [0.2, 0.25) is 0 Å². The average molecular weight is 306 g/mol. The molecule has 0 saturated heterocycles. The lowest BCUT2D eigenvalue weighted by molar-refractivity contribution is 0.0193. The molecule has 0 aliphatic rings. The summed E-state index contributed by atoms with van der Waals surface area (Å²) in [4.78, 5) is 22.2. The van der Waals surface area contributed by atoms with Crippen molar-refractivity contribution in [3.05, 3.63) is 23.2 Å². The Labute approximate surface area is 119 Å². The van der Waals surface area contributed by atoms with E-state index in [1.165, 1.54) is 13.0 Å². The van der Waals surface area contributed by atoms with E-state index in [0.717, 1.165) is 0 Å². The lowest BCUT2D eigenvalue weighted by Crippen LogP contribution is -2.37. The zero-order chi connectivity index (χ0) is 15.8. The number of hydrogen-bond donors (Lipinski definition) is 3. The topological polar surface area (TPSA) is 101 Å². The molecule has 0 atom stereocenters. The Kier molecular flexibility index (Phi) is 6.60. The minimum absolute atomic E-state index is 0.0118. The Morgan fingerprint density at radius 3 is 2.71 bits per heavy atom. The standard InChI is InChI=1S/C12H16F2N2O5/c1-7-9(11(17)18)4-8(21-7)5-16-12(19)15-2-3-20-6-10(13)14/h4,10H,2-3,5-6H2,1H3,(H,17,18)(H2,15,16,19). The maximum Gasteiger partial charge on any atom is 0.339 e. The summed E-state index contributed by atoms with van der Waals surface area (Å²) in [5.41, 5.74) is 0.0348. The van der Waals surface area contributed by atoms with Gasteiger partial charge in [0.25, 0.3) is 6.43 Å². The molecule has 0 aromatic carbocycles. The van der Waals surface area contributed by atoms with E-state index in [2.05, 4.69) is 15.4 Å². The predicted octanol–water partition coefficient (Wildman–Crippen LogP) is 1.37. The highest BCUT2D eigenvalue weighted by molar-refractivity contribution is 5.88. The van der Waals surface area contributed by atoms with Crippen molar-refractivity contribution in [2.45, 2.75) is 19.9 Å². The van der Waals surface area contributed by atoms with Gasteiger partial charge in [-0.15, -0.1) is 0 Å². The van der Waals surface area contributed by atoms with Crippen LogP contribution in [0.1, 0.15) is 21.9 Å². The normalized spacial score (nSPS) is 10.7. The third-order valence-electron chi connectivity index (χ3n) is 2.40. The predicted molar refractivity (Wildman–Crippen MR) is 67.5 cm³/mol. The largest absolute Gasteiger partial charge is 0.478 e. The molecule has 9 heteroatoms.